The Hall–Kier alpha value is -3.85. The smallest absolute Gasteiger partial charge is 0.0701 e. The average Bonchev–Trinajstić information content (AvgIpc) is 3.14. The first kappa shape index (κ1) is 55.9. The van der Waals surface area contributed by atoms with Gasteiger partial charge in [-0.15, -0.1) is 0 Å². The Morgan fingerprint density at radius 1 is 0.434 bits per heavy atom. The third-order valence-corrected chi connectivity index (χ3v) is 5.66. The van der Waals surface area contributed by atoms with Crippen LogP contribution in [0.1, 0.15) is 150 Å². The Labute approximate surface area is 330 Å². The van der Waals surface area contributed by atoms with Crippen molar-refractivity contribution >= 4 is 27.5 Å². The summed E-state index contributed by atoms with van der Waals surface area (Å²) in [5.74, 6) is 0. The Morgan fingerprint density at radius 2 is 0.755 bits per heavy atom. The summed E-state index contributed by atoms with van der Waals surface area (Å²) in [5.41, 5.74) is 7.35. The normalized spacial score (nSPS) is 10.7. The van der Waals surface area contributed by atoms with E-state index in [9.17, 15) is 0 Å². The number of pyridine rings is 2. The van der Waals surface area contributed by atoms with E-state index >= 15 is 0 Å². The molecule has 298 valence electrons. The van der Waals surface area contributed by atoms with Gasteiger partial charge in [-0.2, -0.15) is 0 Å². The molecule has 0 radical (unpaired) electrons. The number of rotatable bonds is 0. The molecule has 0 bridgehead atoms. The first-order valence-corrected chi connectivity index (χ1v) is 19.7. The van der Waals surface area contributed by atoms with Gasteiger partial charge in [0.05, 0.1) is 11.0 Å². The highest BCUT2D eigenvalue weighted by Gasteiger charge is 2.24. The van der Waals surface area contributed by atoms with Gasteiger partial charge in [-0.1, -0.05) is 212 Å². The van der Waals surface area contributed by atoms with E-state index in [1.165, 1.54) is 27.6 Å². The molecule has 3 heterocycles. The standard InChI is InChI=1S/C13H17N.2C9H7N.2C5H12.4C2H6.CH4/c1-13(2,3)12-11-7-5-4-6-10(11)8-9-14-12;2*1-2-6-9-8(4-1)5-3-7-10-9;2*1-5(2,3)4;4*1-2;/h4-7H,8-9H2,1-3H3;2*1-7H;2*1-4H3;4*1-2H3;1H4. The lowest BCUT2D eigenvalue weighted by molar-refractivity contribution is 0.469. The highest BCUT2D eigenvalue weighted by molar-refractivity contribution is 6.05. The molecule has 0 saturated carbocycles. The molecule has 2 aromatic heterocycles. The SMILES string of the molecule is C.CC.CC.CC.CC.CC(C)(C)C.CC(C)(C)C.CC(C)(C)C1=NCCc2ccccc21.c1ccc2ncccc2c1.c1ccc2ncccc2c1. The van der Waals surface area contributed by atoms with Gasteiger partial charge in [0.2, 0.25) is 0 Å². The molecule has 5 aromatic rings. The summed E-state index contributed by atoms with van der Waals surface area (Å²) < 4.78 is 0. The molecule has 3 nitrogen and oxygen atoms in total. The summed E-state index contributed by atoms with van der Waals surface area (Å²) >= 11 is 0. The van der Waals surface area contributed by atoms with Crippen LogP contribution in [0.4, 0.5) is 0 Å². The molecule has 0 amide bonds. The number of fused-ring (bicyclic) bond motifs is 3. The Kier molecular flexibility index (Phi) is 33.4. The van der Waals surface area contributed by atoms with Crippen LogP contribution in [-0.4, -0.2) is 22.2 Å². The van der Waals surface area contributed by atoms with E-state index in [0.717, 1.165) is 24.0 Å². The second kappa shape index (κ2) is 31.7. The van der Waals surface area contributed by atoms with E-state index in [1.807, 2.05) is 116 Å². The Balaban J connectivity index is -0.000000280. The van der Waals surface area contributed by atoms with Crippen LogP contribution in [0.3, 0.4) is 0 Å². The van der Waals surface area contributed by atoms with Gasteiger partial charge in [-0.05, 0) is 52.6 Å². The quantitative estimate of drug-likeness (QED) is 0.159. The fraction of sp³-hybridized carbons (Fsp3) is 0.500. The summed E-state index contributed by atoms with van der Waals surface area (Å²) in [6, 6.07) is 32.8. The van der Waals surface area contributed by atoms with Crippen LogP contribution in [0.25, 0.3) is 21.8 Å². The van der Waals surface area contributed by atoms with E-state index in [0.29, 0.717) is 10.8 Å². The zero-order valence-electron chi connectivity index (χ0n) is 37.1. The molecule has 0 atom stereocenters. The molecule has 0 unspecified atom stereocenters. The van der Waals surface area contributed by atoms with Gasteiger partial charge >= 0.3 is 0 Å². The van der Waals surface area contributed by atoms with E-state index < -0.39 is 0 Å². The zero-order chi connectivity index (χ0) is 40.8. The molecule has 6 rings (SSSR count). The predicted molar refractivity (Wildman–Crippen MR) is 247 cm³/mol. The van der Waals surface area contributed by atoms with Crippen molar-refractivity contribution in [2.45, 2.75) is 145 Å². The summed E-state index contributed by atoms with van der Waals surface area (Å²) in [6.07, 6.45) is 4.71. The van der Waals surface area contributed by atoms with Gasteiger partial charge in [0.15, 0.2) is 0 Å². The number of benzene rings is 3. The lowest BCUT2D eigenvalue weighted by atomic mass is 9.82. The molecule has 0 spiro atoms. The van der Waals surface area contributed by atoms with Crippen molar-refractivity contribution in [3.05, 3.63) is 121 Å². The molecule has 0 aliphatic carbocycles. The molecular formula is C50H83N3. The number of aromatic nitrogens is 2. The van der Waals surface area contributed by atoms with E-state index in [2.05, 4.69) is 140 Å². The fourth-order valence-electron chi connectivity index (χ4n) is 4.02. The lowest BCUT2D eigenvalue weighted by Gasteiger charge is -2.26. The second-order valence-corrected chi connectivity index (χ2v) is 15.3. The van der Waals surface area contributed by atoms with Crippen molar-refractivity contribution in [1.82, 2.24) is 9.97 Å². The molecule has 3 aromatic carbocycles. The minimum absolute atomic E-state index is 0. The lowest BCUT2D eigenvalue weighted by Crippen LogP contribution is -2.26. The number of para-hydroxylation sites is 2. The molecule has 0 N–H and O–H groups in total. The number of nitrogens with zero attached hydrogens (tertiary/aromatic N) is 3. The largest absolute Gasteiger partial charge is 0.288 e. The maximum atomic E-state index is 4.66. The first-order valence-electron chi connectivity index (χ1n) is 19.7. The summed E-state index contributed by atoms with van der Waals surface area (Å²) in [7, 11) is 0. The van der Waals surface area contributed by atoms with Crippen LogP contribution >= 0.6 is 0 Å². The monoisotopic (exact) mass is 726 g/mol. The Bertz CT molecular complexity index is 1350. The molecular weight excluding hydrogens is 643 g/mol. The van der Waals surface area contributed by atoms with Crippen LogP contribution in [0.15, 0.2) is 114 Å². The van der Waals surface area contributed by atoms with Crippen LogP contribution in [0.5, 0.6) is 0 Å². The predicted octanol–water partition coefficient (Wildman–Crippen LogP) is 16.4. The van der Waals surface area contributed by atoms with Crippen LogP contribution in [0.2, 0.25) is 0 Å². The van der Waals surface area contributed by atoms with Gasteiger partial charge in [-0.3, -0.25) is 15.0 Å². The van der Waals surface area contributed by atoms with Crippen molar-refractivity contribution in [2.24, 2.45) is 21.2 Å². The molecule has 1 aliphatic heterocycles. The van der Waals surface area contributed by atoms with Crippen LogP contribution in [0, 0.1) is 16.2 Å². The molecule has 3 heteroatoms. The van der Waals surface area contributed by atoms with Crippen LogP contribution < -0.4 is 0 Å². The number of aliphatic imine (C=N–C) groups is 1. The maximum Gasteiger partial charge on any atom is 0.0701 e. The zero-order valence-corrected chi connectivity index (χ0v) is 37.1. The van der Waals surface area contributed by atoms with Gasteiger partial charge in [-0.25, -0.2) is 0 Å². The molecule has 1 aliphatic rings. The van der Waals surface area contributed by atoms with Gasteiger partial charge in [0.25, 0.3) is 0 Å². The van der Waals surface area contributed by atoms with Crippen molar-refractivity contribution in [1.29, 1.82) is 0 Å². The topological polar surface area (TPSA) is 38.1 Å². The van der Waals surface area contributed by atoms with Crippen molar-refractivity contribution in [3.8, 4) is 0 Å². The number of hydrogen-bond acceptors (Lipinski definition) is 3. The fourth-order valence-corrected chi connectivity index (χ4v) is 4.02. The van der Waals surface area contributed by atoms with Gasteiger partial charge in [0, 0.05) is 40.8 Å². The van der Waals surface area contributed by atoms with Crippen molar-refractivity contribution < 1.29 is 0 Å². The third kappa shape index (κ3) is 29.3. The summed E-state index contributed by atoms with van der Waals surface area (Å²) in [4.78, 5) is 13.0. The summed E-state index contributed by atoms with van der Waals surface area (Å²) in [5, 5.41) is 2.40. The van der Waals surface area contributed by atoms with Gasteiger partial charge in [0.1, 0.15) is 0 Å². The highest BCUT2D eigenvalue weighted by Crippen LogP contribution is 2.27. The van der Waals surface area contributed by atoms with E-state index in [-0.39, 0.29) is 12.8 Å². The van der Waals surface area contributed by atoms with Crippen molar-refractivity contribution in [2.75, 3.05) is 6.54 Å². The molecule has 0 fully saturated rings. The minimum Gasteiger partial charge on any atom is -0.288 e. The molecule has 53 heavy (non-hydrogen) atoms. The highest BCUT2D eigenvalue weighted by atomic mass is 14.8. The first-order chi connectivity index (χ1) is 24.5. The maximum absolute atomic E-state index is 4.66. The third-order valence-electron chi connectivity index (χ3n) is 5.66. The average molecular weight is 726 g/mol. The van der Waals surface area contributed by atoms with Gasteiger partial charge < -0.3 is 0 Å². The number of hydrogen-bond donors (Lipinski definition) is 0. The van der Waals surface area contributed by atoms with Crippen molar-refractivity contribution in [3.63, 3.8) is 0 Å². The van der Waals surface area contributed by atoms with Crippen LogP contribution in [-0.2, 0) is 6.42 Å². The van der Waals surface area contributed by atoms with E-state index in [1.54, 1.807) is 0 Å². The molecule has 0 saturated heterocycles. The Morgan fingerprint density at radius 3 is 1.11 bits per heavy atom. The minimum atomic E-state index is 0. The second-order valence-electron chi connectivity index (χ2n) is 15.3. The summed E-state index contributed by atoms with van der Waals surface area (Å²) in [6.45, 7) is 41.1. The van der Waals surface area contributed by atoms with E-state index in [4.69, 9.17) is 0 Å².